The van der Waals surface area contributed by atoms with Crippen LogP contribution in [0, 0.1) is 0 Å². The Labute approximate surface area is 120 Å². The summed E-state index contributed by atoms with van der Waals surface area (Å²) in [6.07, 6.45) is 3.62. The van der Waals surface area contributed by atoms with Crippen molar-refractivity contribution in [3.8, 4) is 0 Å². The highest BCUT2D eigenvalue weighted by molar-refractivity contribution is 6.06. The van der Waals surface area contributed by atoms with Crippen LogP contribution in [0.25, 0.3) is 11.0 Å². The van der Waals surface area contributed by atoms with Gasteiger partial charge in [0.2, 0.25) is 5.82 Å². The minimum absolute atomic E-state index is 0.0426. The van der Waals surface area contributed by atoms with E-state index in [4.69, 9.17) is 4.42 Å². The van der Waals surface area contributed by atoms with Crippen molar-refractivity contribution in [2.75, 3.05) is 0 Å². The molecule has 1 aromatic carbocycles. The molecule has 0 atom stereocenters. The van der Waals surface area contributed by atoms with Gasteiger partial charge in [-0.05, 0) is 37.8 Å². The maximum Gasteiger partial charge on any atom is 0.266 e. The highest BCUT2D eigenvalue weighted by Crippen LogP contribution is 2.24. The van der Waals surface area contributed by atoms with Crippen LogP contribution in [0.1, 0.15) is 40.6 Å². The first-order chi connectivity index (χ1) is 10.2. The minimum atomic E-state index is -0.386. The Morgan fingerprint density at radius 3 is 2.86 bits per heavy atom. The van der Waals surface area contributed by atoms with Gasteiger partial charge in [0.15, 0.2) is 5.76 Å². The molecule has 0 saturated heterocycles. The summed E-state index contributed by atoms with van der Waals surface area (Å²) in [7, 11) is 0. The monoisotopic (exact) mass is 282 g/mol. The molecule has 1 aliphatic carbocycles. The third-order valence-electron chi connectivity index (χ3n) is 3.96. The van der Waals surface area contributed by atoms with Gasteiger partial charge in [0.1, 0.15) is 5.58 Å². The SMILES string of the molecule is O=C(c1cc2ccccc2o1)c1nc2c(n1O)CCCC2. The fraction of sp³-hybridized carbons (Fsp3) is 0.250. The van der Waals surface area contributed by atoms with Gasteiger partial charge in [0.25, 0.3) is 5.78 Å². The van der Waals surface area contributed by atoms with Gasteiger partial charge < -0.3 is 9.62 Å². The van der Waals surface area contributed by atoms with E-state index in [9.17, 15) is 10.0 Å². The normalized spacial score (nSPS) is 14.3. The zero-order valence-corrected chi connectivity index (χ0v) is 11.4. The minimum Gasteiger partial charge on any atom is -0.452 e. The van der Waals surface area contributed by atoms with Gasteiger partial charge in [0.05, 0.1) is 11.4 Å². The molecule has 3 aromatic rings. The topological polar surface area (TPSA) is 68.3 Å². The van der Waals surface area contributed by atoms with Gasteiger partial charge >= 0.3 is 0 Å². The quantitative estimate of drug-likeness (QED) is 0.579. The smallest absolute Gasteiger partial charge is 0.266 e. The largest absolute Gasteiger partial charge is 0.452 e. The van der Waals surface area contributed by atoms with E-state index >= 15 is 0 Å². The molecule has 0 radical (unpaired) electrons. The summed E-state index contributed by atoms with van der Waals surface area (Å²) in [6.45, 7) is 0. The third-order valence-corrected chi connectivity index (χ3v) is 3.96. The van der Waals surface area contributed by atoms with Crippen molar-refractivity contribution >= 4 is 16.8 Å². The molecule has 2 heterocycles. The van der Waals surface area contributed by atoms with Crippen LogP contribution in [-0.4, -0.2) is 20.7 Å². The molecule has 4 rings (SSSR count). The number of para-hydroxylation sites is 1. The van der Waals surface area contributed by atoms with E-state index < -0.39 is 0 Å². The number of hydrogen-bond acceptors (Lipinski definition) is 4. The summed E-state index contributed by atoms with van der Waals surface area (Å²) in [6, 6.07) is 9.11. The molecular formula is C16H14N2O3. The fourth-order valence-corrected chi connectivity index (χ4v) is 2.88. The maximum atomic E-state index is 12.5. The van der Waals surface area contributed by atoms with Crippen LogP contribution in [0.5, 0.6) is 0 Å². The highest BCUT2D eigenvalue weighted by Gasteiger charge is 2.26. The third kappa shape index (κ3) is 1.85. The molecular weight excluding hydrogens is 268 g/mol. The van der Waals surface area contributed by atoms with Crippen molar-refractivity contribution in [2.45, 2.75) is 25.7 Å². The summed E-state index contributed by atoms with van der Waals surface area (Å²) in [5.74, 6) is -0.141. The Bertz CT molecular complexity index is 811. The second kappa shape index (κ2) is 4.48. The summed E-state index contributed by atoms with van der Waals surface area (Å²) >= 11 is 0. The molecule has 106 valence electrons. The number of carbonyl (C=O) groups excluding carboxylic acids is 1. The van der Waals surface area contributed by atoms with E-state index in [0.717, 1.165) is 47.2 Å². The number of fused-ring (bicyclic) bond motifs is 2. The second-order valence-electron chi connectivity index (χ2n) is 5.33. The Balaban J connectivity index is 1.79. The number of hydrogen-bond donors (Lipinski definition) is 1. The Hall–Kier alpha value is -2.56. The van der Waals surface area contributed by atoms with Crippen molar-refractivity contribution in [1.29, 1.82) is 0 Å². The van der Waals surface area contributed by atoms with Crippen LogP contribution in [-0.2, 0) is 12.8 Å². The van der Waals surface area contributed by atoms with Crippen LogP contribution in [0.15, 0.2) is 34.7 Å². The van der Waals surface area contributed by atoms with Crippen LogP contribution in [0.4, 0.5) is 0 Å². The van der Waals surface area contributed by atoms with Crippen molar-refractivity contribution in [2.24, 2.45) is 0 Å². The molecule has 1 N–H and O–H groups in total. The molecule has 0 spiro atoms. The molecule has 0 bridgehead atoms. The van der Waals surface area contributed by atoms with E-state index in [2.05, 4.69) is 4.98 Å². The Morgan fingerprint density at radius 2 is 2.05 bits per heavy atom. The predicted octanol–water partition coefficient (Wildman–Crippen LogP) is 2.98. The number of carbonyl (C=O) groups is 1. The first kappa shape index (κ1) is 12.2. The number of imidazole rings is 1. The van der Waals surface area contributed by atoms with Gasteiger partial charge in [-0.1, -0.05) is 18.2 Å². The lowest BCUT2D eigenvalue weighted by Crippen LogP contribution is -2.11. The maximum absolute atomic E-state index is 12.5. The Morgan fingerprint density at radius 1 is 1.24 bits per heavy atom. The molecule has 5 nitrogen and oxygen atoms in total. The van der Waals surface area contributed by atoms with E-state index in [1.807, 2.05) is 24.3 Å². The molecule has 21 heavy (non-hydrogen) atoms. The molecule has 0 fully saturated rings. The van der Waals surface area contributed by atoms with Gasteiger partial charge in [-0.15, -0.1) is 0 Å². The van der Waals surface area contributed by atoms with E-state index in [-0.39, 0.29) is 17.4 Å². The summed E-state index contributed by atoms with van der Waals surface area (Å²) < 4.78 is 6.49. The van der Waals surface area contributed by atoms with Crippen LogP contribution >= 0.6 is 0 Å². The van der Waals surface area contributed by atoms with Crippen molar-refractivity contribution in [1.82, 2.24) is 9.71 Å². The number of nitrogens with zero attached hydrogens (tertiary/aromatic N) is 2. The van der Waals surface area contributed by atoms with Crippen molar-refractivity contribution in [3.63, 3.8) is 0 Å². The predicted molar refractivity (Wildman–Crippen MR) is 75.7 cm³/mol. The van der Waals surface area contributed by atoms with Crippen LogP contribution in [0.3, 0.4) is 0 Å². The molecule has 5 heteroatoms. The summed E-state index contributed by atoms with van der Waals surface area (Å²) in [5.41, 5.74) is 2.23. The van der Waals surface area contributed by atoms with Gasteiger partial charge in [0, 0.05) is 5.39 Å². The molecule has 0 saturated carbocycles. The number of rotatable bonds is 2. The average Bonchev–Trinajstić information content (AvgIpc) is 3.08. The highest BCUT2D eigenvalue weighted by atomic mass is 16.5. The number of furan rings is 1. The lowest BCUT2D eigenvalue weighted by Gasteiger charge is -2.09. The average molecular weight is 282 g/mol. The standard InChI is InChI=1S/C16H14N2O3/c19-15(14-9-10-5-1-4-8-13(10)21-14)16-17-11-6-2-3-7-12(11)18(16)20/h1,4-5,8-9,20H,2-3,6-7H2. The lowest BCUT2D eigenvalue weighted by atomic mass is 10.0. The number of aromatic nitrogens is 2. The lowest BCUT2D eigenvalue weighted by molar-refractivity contribution is 0.0947. The molecule has 2 aromatic heterocycles. The van der Waals surface area contributed by atoms with Crippen LogP contribution in [0.2, 0.25) is 0 Å². The molecule has 0 unspecified atom stereocenters. The number of aryl methyl sites for hydroxylation is 1. The van der Waals surface area contributed by atoms with Gasteiger partial charge in [-0.3, -0.25) is 4.79 Å². The zero-order valence-electron chi connectivity index (χ0n) is 11.4. The van der Waals surface area contributed by atoms with Crippen LogP contribution < -0.4 is 0 Å². The van der Waals surface area contributed by atoms with Gasteiger partial charge in [-0.2, -0.15) is 4.73 Å². The van der Waals surface area contributed by atoms with Crippen molar-refractivity contribution < 1.29 is 14.4 Å². The fourth-order valence-electron chi connectivity index (χ4n) is 2.88. The second-order valence-corrected chi connectivity index (χ2v) is 5.33. The molecule has 0 aliphatic heterocycles. The molecule has 0 amide bonds. The Kier molecular flexibility index (Phi) is 2.60. The molecule has 1 aliphatic rings. The van der Waals surface area contributed by atoms with Crippen molar-refractivity contribution in [3.05, 3.63) is 53.3 Å². The van der Waals surface area contributed by atoms with E-state index in [0.29, 0.717) is 5.58 Å². The first-order valence-corrected chi connectivity index (χ1v) is 7.07. The van der Waals surface area contributed by atoms with E-state index in [1.165, 1.54) is 0 Å². The number of ketones is 1. The van der Waals surface area contributed by atoms with Gasteiger partial charge in [-0.25, -0.2) is 4.98 Å². The first-order valence-electron chi connectivity index (χ1n) is 7.07. The summed E-state index contributed by atoms with van der Waals surface area (Å²) in [4.78, 5) is 16.8. The summed E-state index contributed by atoms with van der Waals surface area (Å²) in [5, 5.41) is 11.0. The zero-order chi connectivity index (χ0) is 14.4. The number of benzene rings is 1. The van der Waals surface area contributed by atoms with E-state index in [1.54, 1.807) is 6.07 Å².